The molecular formula is C17H16F5N3O4S. The third kappa shape index (κ3) is 5.86. The lowest BCUT2D eigenvalue weighted by Crippen LogP contribution is -2.43. The maximum atomic E-state index is 13.7. The number of ether oxygens (including phenoxy) is 1. The molecule has 0 saturated carbocycles. The second kappa shape index (κ2) is 8.92. The van der Waals surface area contributed by atoms with E-state index < -0.39 is 45.7 Å². The zero-order valence-corrected chi connectivity index (χ0v) is 16.4. The highest BCUT2D eigenvalue weighted by molar-refractivity contribution is 7.90. The molecule has 1 atom stereocenters. The van der Waals surface area contributed by atoms with Crippen molar-refractivity contribution in [1.82, 2.24) is 9.71 Å². The number of alkyl halides is 3. The van der Waals surface area contributed by atoms with E-state index in [0.29, 0.717) is 6.07 Å². The zero-order chi connectivity index (χ0) is 22.7. The summed E-state index contributed by atoms with van der Waals surface area (Å²) in [5.74, 6) is -2.65. The number of rotatable bonds is 7. The van der Waals surface area contributed by atoms with Gasteiger partial charge in [-0.3, -0.25) is 9.78 Å². The van der Waals surface area contributed by atoms with Crippen molar-refractivity contribution in [2.24, 2.45) is 0 Å². The Labute approximate surface area is 168 Å². The van der Waals surface area contributed by atoms with E-state index in [0.717, 1.165) is 19.1 Å². The standard InChI is InChI=1S/C17H16F5N3O4S/c1-9(25-30(27,28)17(20,21)22)8-29-12-6-13(10(2)23-7-12)16(26)24-15-4-3-11(18)5-14(15)19/h3-7,9,25H,8H2,1-2H3,(H,24,26)/t9-/m0/s1. The highest BCUT2D eigenvalue weighted by atomic mass is 32.2. The van der Waals surface area contributed by atoms with E-state index in [1.54, 1.807) is 0 Å². The van der Waals surface area contributed by atoms with Gasteiger partial charge in [-0.1, -0.05) is 0 Å². The lowest BCUT2D eigenvalue weighted by molar-refractivity contribution is -0.0451. The van der Waals surface area contributed by atoms with E-state index in [4.69, 9.17) is 4.74 Å². The van der Waals surface area contributed by atoms with E-state index in [2.05, 4.69) is 10.3 Å². The normalized spacial score (nSPS) is 13.0. The van der Waals surface area contributed by atoms with Gasteiger partial charge in [-0.25, -0.2) is 21.9 Å². The molecule has 2 aromatic rings. The zero-order valence-electron chi connectivity index (χ0n) is 15.5. The van der Waals surface area contributed by atoms with Crippen LogP contribution in [0.1, 0.15) is 23.0 Å². The molecular weight excluding hydrogens is 437 g/mol. The monoisotopic (exact) mass is 453 g/mol. The maximum absolute atomic E-state index is 13.7. The van der Waals surface area contributed by atoms with Gasteiger partial charge in [0, 0.05) is 6.07 Å². The minimum atomic E-state index is -5.54. The average molecular weight is 453 g/mol. The second-order valence-corrected chi connectivity index (χ2v) is 7.87. The molecule has 1 aromatic heterocycles. The smallest absolute Gasteiger partial charge is 0.490 e. The summed E-state index contributed by atoms with van der Waals surface area (Å²) in [5.41, 5.74) is -5.55. The molecule has 30 heavy (non-hydrogen) atoms. The van der Waals surface area contributed by atoms with Crippen molar-refractivity contribution >= 4 is 21.6 Å². The summed E-state index contributed by atoms with van der Waals surface area (Å²) in [5, 5.41) is 2.24. The van der Waals surface area contributed by atoms with Crippen LogP contribution < -0.4 is 14.8 Å². The number of hydrogen-bond donors (Lipinski definition) is 2. The van der Waals surface area contributed by atoms with Crippen molar-refractivity contribution in [3.05, 3.63) is 53.4 Å². The number of benzene rings is 1. The van der Waals surface area contributed by atoms with Crippen molar-refractivity contribution in [1.29, 1.82) is 0 Å². The first kappa shape index (κ1) is 23.5. The van der Waals surface area contributed by atoms with Crippen LogP contribution in [0.4, 0.5) is 27.6 Å². The molecule has 164 valence electrons. The molecule has 1 heterocycles. The fourth-order valence-corrected chi connectivity index (χ4v) is 2.92. The number of halogens is 5. The van der Waals surface area contributed by atoms with Gasteiger partial charge in [0.25, 0.3) is 5.91 Å². The maximum Gasteiger partial charge on any atom is 0.511 e. The van der Waals surface area contributed by atoms with Crippen LogP contribution in [0.15, 0.2) is 30.5 Å². The number of nitrogens with zero attached hydrogens (tertiary/aromatic N) is 1. The summed E-state index contributed by atoms with van der Waals surface area (Å²) in [6.45, 7) is 2.13. The van der Waals surface area contributed by atoms with Crippen LogP contribution in [0.3, 0.4) is 0 Å². The van der Waals surface area contributed by atoms with Gasteiger partial charge < -0.3 is 10.1 Å². The van der Waals surface area contributed by atoms with Gasteiger partial charge in [0.05, 0.1) is 29.2 Å². The fourth-order valence-electron chi connectivity index (χ4n) is 2.19. The molecule has 2 N–H and O–H groups in total. The van der Waals surface area contributed by atoms with Crippen molar-refractivity contribution in [2.75, 3.05) is 11.9 Å². The SMILES string of the molecule is Cc1ncc(OC[C@H](C)NS(=O)(=O)C(F)(F)F)cc1C(=O)Nc1ccc(F)cc1F. The molecule has 0 aliphatic heterocycles. The van der Waals surface area contributed by atoms with Crippen molar-refractivity contribution in [3.8, 4) is 5.75 Å². The largest absolute Gasteiger partial charge is 0.511 e. The van der Waals surface area contributed by atoms with Gasteiger partial charge in [-0.2, -0.15) is 13.2 Å². The van der Waals surface area contributed by atoms with E-state index >= 15 is 0 Å². The Morgan fingerprint density at radius 1 is 1.23 bits per heavy atom. The quantitative estimate of drug-likeness (QED) is 0.628. The summed E-state index contributed by atoms with van der Waals surface area (Å²) < 4.78 is 92.6. The summed E-state index contributed by atoms with van der Waals surface area (Å²) in [6.07, 6.45) is 1.18. The Morgan fingerprint density at radius 3 is 2.50 bits per heavy atom. The first-order valence-electron chi connectivity index (χ1n) is 8.24. The summed E-state index contributed by atoms with van der Waals surface area (Å²) in [6, 6.07) is 2.52. The minimum absolute atomic E-state index is 0.0385. The Hall–Kier alpha value is -2.80. The predicted octanol–water partition coefficient (Wildman–Crippen LogP) is 3.13. The van der Waals surface area contributed by atoms with Gasteiger partial charge in [-0.05, 0) is 32.0 Å². The topological polar surface area (TPSA) is 97.4 Å². The third-order valence-electron chi connectivity index (χ3n) is 3.65. The molecule has 7 nitrogen and oxygen atoms in total. The number of carbonyl (C=O) groups excluding carboxylic acids is 1. The third-order valence-corrected chi connectivity index (χ3v) is 4.97. The molecule has 1 aromatic carbocycles. The lowest BCUT2D eigenvalue weighted by Gasteiger charge is -2.17. The molecule has 1 amide bonds. The number of sulfonamides is 1. The van der Waals surface area contributed by atoms with E-state index in [-0.39, 0.29) is 22.7 Å². The molecule has 2 rings (SSSR count). The molecule has 0 aliphatic carbocycles. The van der Waals surface area contributed by atoms with Crippen LogP contribution in [0.25, 0.3) is 0 Å². The van der Waals surface area contributed by atoms with Gasteiger partial charge in [0.1, 0.15) is 24.0 Å². The van der Waals surface area contributed by atoms with E-state index in [9.17, 15) is 35.2 Å². The summed E-state index contributed by atoms with van der Waals surface area (Å²) in [7, 11) is -5.54. The Balaban J connectivity index is 2.08. The number of anilines is 1. The van der Waals surface area contributed by atoms with Crippen molar-refractivity contribution in [2.45, 2.75) is 25.4 Å². The molecule has 0 radical (unpaired) electrons. The first-order chi connectivity index (χ1) is 13.8. The van der Waals surface area contributed by atoms with Crippen LogP contribution in [-0.2, 0) is 10.0 Å². The summed E-state index contributed by atoms with van der Waals surface area (Å²) >= 11 is 0. The van der Waals surface area contributed by atoms with Crippen molar-refractivity contribution in [3.63, 3.8) is 0 Å². The molecule has 13 heteroatoms. The van der Waals surface area contributed by atoms with E-state index in [1.165, 1.54) is 23.9 Å². The van der Waals surface area contributed by atoms with Crippen LogP contribution in [-0.4, -0.2) is 37.5 Å². The molecule has 0 fully saturated rings. The molecule has 0 aliphatic rings. The lowest BCUT2D eigenvalue weighted by atomic mass is 10.1. The van der Waals surface area contributed by atoms with E-state index in [1.807, 2.05) is 0 Å². The fraction of sp³-hybridized carbons (Fsp3) is 0.294. The van der Waals surface area contributed by atoms with Crippen LogP contribution in [0, 0.1) is 18.6 Å². The number of pyridine rings is 1. The highest BCUT2D eigenvalue weighted by Gasteiger charge is 2.46. The Morgan fingerprint density at radius 2 is 1.90 bits per heavy atom. The average Bonchev–Trinajstić information content (AvgIpc) is 2.62. The van der Waals surface area contributed by atoms with Crippen LogP contribution in [0.5, 0.6) is 5.75 Å². The van der Waals surface area contributed by atoms with Crippen LogP contribution in [0.2, 0.25) is 0 Å². The highest BCUT2D eigenvalue weighted by Crippen LogP contribution is 2.22. The Bertz CT molecular complexity index is 1040. The number of hydrogen-bond acceptors (Lipinski definition) is 5. The number of nitrogens with one attached hydrogen (secondary N) is 2. The minimum Gasteiger partial charge on any atom is -0.490 e. The van der Waals surface area contributed by atoms with Gasteiger partial charge in [0.2, 0.25) is 0 Å². The number of aryl methyl sites for hydroxylation is 1. The molecule has 0 saturated heterocycles. The van der Waals surface area contributed by atoms with Crippen molar-refractivity contribution < 1.29 is 39.9 Å². The van der Waals surface area contributed by atoms with Gasteiger partial charge in [0.15, 0.2) is 0 Å². The Kier molecular flexibility index (Phi) is 6.98. The first-order valence-corrected chi connectivity index (χ1v) is 9.73. The molecule has 0 spiro atoms. The van der Waals surface area contributed by atoms with Crippen LogP contribution >= 0.6 is 0 Å². The number of amides is 1. The predicted molar refractivity (Wildman–Crippen MR) is 96.4 cm³/mol. The molecule has 0 bridgehead atoms. The molecule has 0 unspecified atom stereocenters. The second-order valence-electron chi connectivity index (χ2n) is 6.16. The van der Waals surface area contributed by atoms with Gasteiger partial charge >= 0.3 is 15.5 Å². The number of aromatic nitrogens is 1. The summed E-state index contributed by atoms with van der Waals surface area (Å²) in [4.78, 5) is 16.3. The number of carbonyl (C=O) groups is 1. The van der Waals surface area contributed by atoms with Gasteiger partial charge in [-0.15, -0.1) is 0 Å².